The Labute approximate surface area is 82.3 Å². The third-order valence-corrected chi connectivity index (χ3v) is 3.85. The molecule has 0 unspecified atom stereocenters. The molecule has 0 N–H and O–H groups in total. The summed E-state index contributed by atoms with van der Waals surface area (Å²) in [6, 6.07) is 11.0. The summed E-state index contributed by atoms with van der Waals surface area (Å²) in [5.74, 6) is 0. The lowest BCUT2D eigenvalue weighted by Gasteiger charge is -2.37. The summed E-state index contributed by atoms with van der Waals surface area (Å²) in [5, 5.41) is 0. The van der Waals surface area contributed by atoms with Crippen LogP contribution in [-0.2, 0) is 0 Å². The molecular weight excluding hydrogens is 155 g/mol. The van der Waals surface area contributed by atoms with Crippen LogP contribution in [0.25, 0.3) is 0 Å². The Hall–Kier alpha value is -0.715. The van der Waals surface area contributed by atoms with Gasteiger partial charge in [-0.3, -0.25) is 0 Å². The number of hydrogen-bond donors (Lipinski definition) is 0. The quantitative estimate of drug-likeness (QED) is 0.615. The molecule has 1 aromatic rings. The van der Waals surface area contributed by atoms with Crippen molar-refractivity contribution in [3.05, 3.63) is 30.3 Å². The van der Waals surface area contributed by atoms with Gasteiger partial charge in [0.1, 0.15) is 0 Å². The van der Waals surface area contributed by atoms with E-state index in [9.17, 15) is 0 Å². The van der Waals surface area contributed by atoms with Crippen LogP contribution in [0.1, 0.15) is 20.8 Å². The van der Waals surface area contributed by atoms with E-state index in [0.29, 0.717) is 0 Å². The minimum atomic E-state index is -0.262. The Morgan fingerprint density at radius 2 is 1.31 bits per heavy atom. The Morgan fingerprint density at radius 3 is 1.69 bits per heavy atom. The summed E-state index contributed by atoms with van der Waals surface area (Å²) in [4.78, 5) is 0. The van der Waals surface area contributed by atoms with Crippen LogP contribution in [0.5, 0.6) is 0 Å². The molecule has 13 heavy (non-hydrogen) atoms. The molecule has 0 aromatic heterocycles. The fourth-order valence-electron chi connectivity index (χ4n) is 2.43. The topological polar surface area (TPSA) is 0 Å². The van der Waals surface area contributed by atoms with Gasteiger partial charge in [0.15, 0.2) is 0 Å². The van der Waals surface area contributed by atoms with Crippen LogP contribution in [0.2, 0.25) is 19.0 Å². The van der Waals surface area contributed by atoms with Gasteiger partial charge in [-0.05, 0) is 0 Å². The standard InChI is InChI=1S/C12H20B/c1-4-13(5-2,6-3)12-10-8-7-9-11-12/h7-11H,4-6H2,1-3H3/q-1. The van der Waals surface area contributed by atoms with E-state index in [1.807, 2.05) is 0 Å². The van der Waals surface area contributed by atoms with Crippen molar-refractivity contribution < 1.29 is 0 Å². The Bertz CT molecular complexity index is 228. The van der Waals surface area contributed by atoms with Crippen molar-refractivity contribution >= 4 is 11.6 Å². The van der Waals surface area contributed by atoms with Crippen LogP contribution in [0.3, 0.4) is 0 Å². The molecule has 0 saturated heterocycles. The van der Waals surface area contributed by atoms with Crippen molar-refractivity contribution in [2.24, 2.45) is 0 Å². The third-order valence-electron chi connectivity index (χ3n) is 3.85. The van der Waals surface area contributed by atoms with Crippen molar-refractivity contribution in [3.63, 3.8) is 0 Å². The molecule has 1 aromatic carbocycles. The molecule has 0 amide bonds. The van der Waals surface area contributed by atoms with E-state index in [1.165, 1.54) is 19.0 Å². The largest absolute Gasteiger partial charge is 0.210 e. The first-order valence-corrected chi connectivity index (χ1v) is 5.55. The molecule has 0 fully saturated rings. The molecule has 0 radical (unpaired) electrons. The van der Waals surface area contributed by atoms with Gasteiger partial charge in [0, 0.05) is 6.15 Å². The molecule has 0 aliphatic rings. The molecule has 0 aliphatic carbocycles. The van der Waals surface area contributed by atoms with Crippen LogP contribution >= 0.6 is 0 Å². The molecule has 1 heteroatoms. The monoisotopic (exact) mass is 175 g/mol. The van der Waals surface area contributed by atoms with Crippen LogP contribution in [0.15, 0.2) is 30.3 Å². The zero-order valence-corrected chi connectivity index (χ0v) is 9.09. The van der Waals surface area contributed by atoms with Gasteiger partial charge >= 0.3 is 0 Å². The van der Waals surface area contributed by atoms with Crippen molar-refractivity contribution in [2.75, 3.05) is 0 Å². The lowest BCUT2D eigenvalue weighted by molar-refractivity contribution is 1.19. The van der Waals surface area contributed by atoms with Gasteiger partial charge < -0.3 is 0 Å². The number of hydrogen-bond acceptors (Lipinski definition) is 0. The number of benzene rings is 1. The Kier molecular flexibility index (Phi) is 3.59. The highest BCUT2D eigenvalue weighted by Gasteiger charge is 2.19. The van der Waals surface area contributed by atoms with Crippen LogP contribution in [0, 0.1) is 0 Å². The summed E-state index contributed by atoms with van der Waals surface area (Å²) in [7, 11) is 0. The Morgan fingerprint density at radius 1 is 0.846 bits per heavy atom. The fourth-order valence-corrected chi connectivity index (χ4v) is 2.43. The molecule has 1 rings (SSSR count). The first-order chi connectivity index (χ1) is 6.29. The summed E-state index contributed by atoms with van der Waals surface area (Å²) in [6.45, 7) is 6.96. The smallest absolute Gasteiger partial charge is 0.0269 e. The molecule has 0 aliphatic heterocycles. The highest BCUT2D eigenvalue weighted by atomic mass is 14.0. The molecule has 0 atom stereocenters. The van der Waals surface area contributed by atoms with Crippen molar-refractivity contribution in [2.45, 2.75) is 39.7 Å². The molecule has 0 heterocycles. The lowest BCUT2D eigenvalue weighted by Crippen LogP contribution is -2.45. The average molecular weight is 175 g/mol. The minimum absolute atomic E-state index is 0.262. The molecule has 0 nitrogen and oxygen atoms in total. The lowest BCUT2D eigenvalue weighted by atomic mass is 9.17. The van der Waals surface area contributed by atoms with Crippen LogP contribution in [0.4, 0.5) is 0 Å². The maximum Gasteiger partial charge on any atom is 0.0269 e. The van der Waals surface area contributed by atoms with Gasteiger partial charge in [0.2, 0.25) is 0 Å². The fraction of sp³-hybridized carbons (Fsp3) is 0.500. The second-order valence-electron chi connectivity index (χ2n) is 4.11. The van der Waals surface area contributed by atoms with E-state index in [2.05, 4.69) is 51.1 Å². The maximum absolute atomic E-state index is 2.32. The second-order valence-corrected chi connectivity index (χ2v) is 4.11. The van der Waals surface area contributed by atoms with Crippen molar-refractivity contribution in [1.82, 2.24) is 0 Å². The SMILES string of the molecule is CC[B-](CC)(CC)c1ccccc1. The first kappa shape index (κ1) is 10.4. The van der Waals surface area contributed by atoms with Gasteiger partial charge in [0.05, 0.1) is 0 Å². The molecule has 0 spiro atoms. The van der Waals surface area contributed by atoms with Gasteiger partial charge in [-0.25, -0.2) is 5.46 Å². The first-order valence-electron chi connectivity index (χ1n) is 5.55. The van der Waals surface area contributed by atoms with E-state index < -0.39 is 0 Å². The summed E-state index contributed by atoms with van der Waals surface area (Å²) >= 11 is 0. The second kappa shape index (κ2) is 4.50. The van der Waals surface area contributed by atoms with E-state index >= 15 is 0 Å². The van der Waals surface area contributed by atoms with E-state index in [4.69, 9.17) is 0 Å². The number of rotatable bonds is 4. The summed E-state index contributed by atoms with van der Waals surface area (Å²) < 4.78 is 0. The van der Waals surface area contributed by atoms with Gasteiger partial charge in [-0.2, -0.15) is 19.0 Å². The van der Waals surface area contributed by atoms with Crippen molar-refractivity contribution in [1.29, 1.82) is 0 Å². The van der Waals surface area contributed by atoms with Crippen LogP contribution < -0.4 is 5.46 Å². The summed E-state index contributed by atoms with van der Waals surface area (Å²) in [5.41, 5.74) is 1.56. The maximum atomic E-state index is 2.32. The van der Waals surface area contributed by atoms with Crippen LogP contribution in [-0.4, -0.2) is 6.15 Å². The highest BCUT2D eigenvalue weighted by Crippen LogP contribution is 2.19. The Balaban J connectivity index is 3.01. The van der Waals surface area contributed by atoms with Gasteiger partial charge in [-0.1, -0.05) is 51.1 Å². The van der Waals surface area contributed by atoms with E-state index in [-0.39, 0.29) is 6.15 Å². The molecular formula is C12H20B-. The highest BCUT2D eigenvalue weighted by molar-refractivity contribution is 6.91. The molecule has 0 saturated carbocycles. The zero-order valence-electron chi connectivity index (χ0n) is 9.09. The zero-order chi connectivity index (χ0) is 9.73. The van der Waals surface area contributed by atoms with Gasteiger partial charge in [0.25, 0.3) is 0 Å². The molecule has 72 valence electrons. The summed E-state index contributed by atoms with van der Waals surface area (Å²) in [6.07, 6.45) is 3.65. The predicted molar refractivity (Wildman–Crippen MR) is 63.3 cm³/mol. The van der Waals surface area contributed by atoms with Gasteiger partial charge in [-0.15, -0.1) is 0 Å². The predicted octanol–water partition coefficient (Wildman–Crippen LogP) is 3.40. The third kappa shape index (κ3) is 1.96. The normalized spacial score (nSPS) is 11.6. The van der Waals surface area contributed by atoms with Crippen molar-refractivity contribution in [3.8, 4) is 0 Å². The van der Waals surface area contributed by atoms with E-state index in [0.717, 1.165) is 0 Å². The average Bonchev–Trinajstić information content (AvgIpc) is 2.23. The van der Waals surface area contributed by atoms with E-state index in [1.54, 1.807) is 5.46 Å². The minimum Gasteiger partial charge on any atom is -0.210 e. The molecule has 0 bridgehead atoms.